The molecule has 1 N–H and O–H groups in total. The van der Waals surface area contributed by atoms with Gasteiger partial charge in [-0.3, -0.25) is 4.79 Å². The average Bonchev–Trinajstić information content (AvgIpc) is 3.08. The second-order valence-electron chi connectivity index (χ2n) is 6.48. The number of alkyl halides is 6. The largest absolute Gasteiger partial charge is 0.417 e. The van der Waals surface area contributed by atoms with Crippen molar-refractivity contribution in [2.75, 3.05) is 18.0 Å². The summed E-state index contributed by atoms with van der Waals surface area (Å²) in [5, 5.41) is 2.33. The molecule has 1 aromatic heterocycles. The third-order valence-corrected chi connectivity index (χ3v) is 4.73. The number of nitrogens with one attached hydrogen (secondary N) is 1. The quantitative estimate of drug-likeness (QED) is 0.703. The fraction of sp³-hybridized carbons (Fsp3) is 0.333. The van der Waals surface area contributed by atoms with Crippen LogP contribution in [0, 0.1) is 0 Å². The van der Waals surface area contributed by atoms with Crippen LogP contribution in [-0.4, -0.2) is 30.0 Å². The maximum Gasteiger partial charge on any atom is 0.417 e. The van der Waals surface area contributed by atoms with Crippen LogP contribution in [0.3, 0.4) is 0 Å². The highest BCUT2D eigenvalue weighted by molar-refractivity contribution is 6.33. The topological polar surface area (TPSA) is 45.2 Å². The van der Waals surface area contributed by atoms with Gasteiger partial charge in [0.25, 0.3) is 5.91 Å². The van der Waals surface area contributed by atoms with Crippen molar-refractivity contribution in [3.8, 4) is 0 Å². The normalized spacial score (nSPS) is 17.5. The van der Waals surface area contributed by atoms with Gasteiger partial charge in [0, 0.05) is 25.3 Å². The van der Waals surface area contributed by atoms with Crippen LogP contribution in [0.5, 0.6) is 0 Å². The Morgan fingerprint density at radius 2 is 1.83 bits per heavy atom. The van der Waals surface area contributed by atoms with Crippen molar-refractivity contribution in [1.82, 2.24) is 10.3 Å². The first kappa shape index (κ1) is 21.2. The summed E-state index contributed by atoms with van der Waals surface area (Å²) in [6.45, 7) is 0.474. The molecule has 0 saturated carbocycles. The Kier molecular flexibility index (Phi) is 5.66. The monoisotopic (exact) mass is 437 g/mol. The number of carbonyl (C=O) groups excluding carboxylic acids is 1. The summed E-state index contributed by atoms with van der Waals surface area (Å²) in [5.74, 6) is -0.761. The molecule has 0 bridgehead atoms. The molecule has 0 unspecified atom stereocenters. The lowest BCUT2D eigenvalue weighted by molar-refractivity contribution is -0.138. The summed E-state index contributed by atoms with van der Waals surface area (Å²) < 4.78 is 77.4. The van der Waals surface area contributed by atoms with Crippen molar-refractivity contribution in [1.29, 1.82) is 0 Å². The first-order chi connectivity index (χ1) is 13.5. The van der Waals surface area contributed by atoms with E-state index in [0.29, 0.717) is 19.2 Å². The second-order valence-corrected chi connectivity index (χ2v) is 6.88. The molecular formula is C18H14ClF6N3O. The number of pyridine rings is 1. The predicted octanol–water partition coefficient (Wildman–Crippen LogP) is 4.78. The Bertz CT molecular complexity index is 915. The molecule has 0 spiro atoms. The van der Waals surface area contributed by atoms with Crippen LogP contribution in [0.1, 0.15) is 27.9 Å². The lowest BCUT2D eigenvalue weighted by Crippen LogP contribution is -2.38. The van der Waals surface area contributed by atoms with E-state index in [2.05, 4.69) is 10.3 Å². The van der Waals surface area contributed by atoms with E-state index in [9.17, 15) is 31.1 Å². The molecule has 2 aromatic rings. The molecule has 29 heavy (non-hydrogen) atoms. The molecule has 156 valence electrons. The van der Waals surface area contributed by atoms with Crippen LogP contribution in [0.15, 0.2) is 36.5 Å². The highest BCUT2D eigenvalue weighted by atomic mass is 35.5. The molecular weight excluding hydrogens is 424 g/mol. The number of benzene rings is 1. The molecule has 1 aromatic carbocycles. The van der Waals surface area contributed by atoms with E-state index in [0.717, 1.165) is 18.2 Å². The van der Waals surface area contributed by atoms with Crippen molar-refractivity contribution in [2.45, 2.75) is 24.8 Å². The third-order valence-electron chi connectivity index (χ3n) is 4.45. The van der Waals surface area contributed by atoms with E-state index in [4.69, 9.17) is 11.6 Å². The second kappa shape index (κ2) is 7.74. The Labute approximate surface area is 166 Å². The van der Waals surface area contributed by atoms with Crippen LogP contribution in [0.25, 0.3) is 0 Å². The minimum atomic E-state index is -4.67. The van der Waals surface area contributed by atoms with Crippen molar-refractivity contribution >= 4 is 23.3 Å². The molecule has 2 heterocycles. The lowest BCUT2D eigenvalue weighted by Gasteiger charge is -2.20. The predicted molar refractivity (Wildman–Crippen MR) is 93.8 cm³/mol. The van der Waals surface area contributed by atoms with Gasteiger partial charge in [0.1, 0.15) is 5.82 Å². The molecule has 1 aliphatic heterocycles. The van der Waals surface area contributed by atoms with E-state index < -0.39 is 41.0 Å². The standard InChI is InChI=1S/C18H14ClF6N3O/c19-14-7-10(17(20,21)22)8-26-15(14)28-6-5-11(9-28)27-16(29)12-3-1-2-4-13(12)18(23,24)25/h1-4,7-8,11H,5-6,9H2,(H,27,29)/t11-/m0/s1. The van der Waals surface area contributed by atoms with Gasteiger partial charge in [-0.25, -0.2) is 4.98 Å². The van der Waals surface area contributed by atoms with E-state index in [1.807, 2.05) is 0 Å². The smallest absolute Gasteiger partial charge is 0.353 e. The number of halogens is 7. The summed E-state index contributed by atoms with van der Waals surface area (Å²) in [4.78, 5) is 17.7. The van der Waals surface area contributed by atoms with Crippen molar-refractivity contribution in [2.24, 2.45) is 0 Å². The number of anilines is 1. The van der Waals surface area contributed by atoms with Crippen molar-refractivity contribution in [3.05, 3.63) is 58.2 Å². The number of nitrogens with zero attached hydrogens (tertiary/aromatic N) is 2. The van der Waals surface area contributed by atoms with E-state index in [-0.39, 0.29) is 17.4 Å². The van der Waals surface area contributed by atoms with Crippen molar-refractivity contribution < 1.29 is 31.1 Å². The summed E-state index contributed by atoms with van der Waals surface area (Å²) >= 11 is 5.92. The average molecular weight is 438 g/mol. The Morgan fingerprint density at radius 1 is 1.14 bits per heavy atom. The molecule has 1 aliphatic rings. The van der Waals surface area contributed by atoms with Crippen LogP contribution in [-0.2, 0) is 12.4 Å². The number of hydrogen-bond donors (Lipinski definition) is 1. The van der Waals surface area contributed by atoms with Crippen LogP contribution < -0.4 is 10.2 Å². The number of carbonyl (C=O) groups is 1. The fourth-order valence-electron chi connectivity index (χ4n) is 3.08. The zero-order valence-electron chi connectivity index (χ0n) is 14.6. The number of rotatable bonds is 3. The summed E-state index contributed by atoms with van der Waals surface area (Å²) in [6, 6.07) is 4.67. The molecule has 0 radical (unpaired) electrons. The van der Waals surface area contributed by atoms with Crippen LogP contribution >= 0.6 is 11.6 Å². The Morgan fingerprint density at radius 3 is 2.45 bits per heavy atom. The van der Waals surface area contributed by atoms with Crippen LogP contribution in [0.4, 0.5) is 32.2 Å². The Hall–Kier alpha value is -2.49. The minimum absolute atomic E-state index is 0.118. The molecule has 1 amide bonds. The van der Waals surface area contributed by atoms with E-state index in [1.165, 1.54) is 12.1 Å². The first-order valence-corrected chi connectivity index (χ1v) is 8.79. The zero-order chi connectivity index (χ0) is 21.4. The molecule has 11 heteroatoms. The maximum absolute atomic E-state index is 13.1. The van der Waals surface area contributed by atoms with Gasteiger partial charge in [-0.15, -0.1) is 0 Å². The van der Waals surface area contributed by atoms with Gasteiger partial charge in [0.2, 0.25) is 0 Å². The van der Waals surface area contributed by atoms with Crippen molar-refractivity contribution in [3.63, 3.8) is 0 Å². The third kappa shape index (κ3) is 4.75. The molecule has 4 nitrogen and oxygen atoms in total. The first-order valence-electron chi connectivity index (χ1n) is 8.41. The molecule has 1 atom stereocenters. The van der Waals surface area contributed by atoms with Crippen LogP contribution in [0.2, 0.25) is 5.02 Å². The minimum Gasteiger partial charge on any atom is -0.353 e. The SMILES string of the molecule is O=C(N[C@H]1CCN(c2ncc(C(F)(F)F)cc2Cl)C1)c1ccccc1C(F)(F)F. The summed E-state index contributed by atoms with van der Waals surface area (Å²) in [6.07, 6.45) is -8.22. The van der Waals surface area contributed by atoms with Gasteiger partial charge >= 0.3 is 12.4 Å². The molecule has 1 saturated heterocycles. The number of hydrogen-bond acceptors (Lipinski definition) is 3. The lowest BCUT2D eigenvalue weighted by atomic mass is 10.1. The van der Waals surface area contributed by atoms with Gasteiger partial charge in [-0.1, -0.05) is 23.7 Å². The molecule has 3 rings (SSSR count). The van der Waals surface area contributed by atoms with Gasteiger partial charge < -0.3 is 10.2 Å². The zero-order valence-corrected chi connectivity index (χ0v) is 15.4. The van der Waals surface area contributed by atoms with Gasteiger partial charge in [0.05, 0.1) is 21.7 Å². The highest BCUT2D eigenvalue weighted by Gasteiger charge is 2.36. The summed E-state index contributed by atoms with van der Waals surface area (Å²) in [5.41, 5.74) is -2.53. The number of aromatic nitrogens is 1. The van der Waals surface area contributed by atoms with E-state index >= 15 is 0 Å². The molecule has 0 aliphatic carbocycles. The van der Waals surface area contributed by atoms with Gasteiger partial charge in [0.15, 0.2) is 0 Å². The number of amides is 1. The fourth-order valence-corrected chi connectivity index (χ4v) is 3.37. The molecule has 1 fully saturated rings. The van der Waals surface area contributed by atoms with E-state index in [1.54, 1.807) is 4.90 Å². The Balaban J connectivity index is 1.71. The highest BCUT2D eigenvalue weighted by Crippen LogP contribution is 2.35. The summed E-state index contributed by atoms with van der Waals surface area (Å²) in [7, 11) is 0. The van der Waals surface area contributed by atoms with Gasteiger partial charge in [-0.05, 0) is 24.6 Å². The maximum atomic E-state index is 13.1. The van der Waals surface area contributed by atoms with Gasteiger partial charge in [-0.2, -0.15) is 26.3 Å².